The quantitative estimate of drug-likeness (QED) is 0.260. The smallest absolute Gasteiger partial charge is 0.318 e. The summed E-state index contributed by atoms with van der Waals surface area (Å²) in [5, 5.41) is 2.45. The molecule has 0 bridgehead atoms. The van der Waals surface area contributed by atoms with Crippen LogP contribution in [0, 0.1) is 0 Å². The molecule has 26 heavy (non-hydrogen) atoms. The van der Waals surface area contributed by atoms with E-state index >= 15 is 0 Å². The highest BCUT2D eigenvalue weighted by Gasteiger charge is 2.50. The number of carbonyl (C=O) groups excluding carboxylic acids is 1. The van der Waals surface area contributed by atoms with Crippen LogP contribution in [0.15, 0.2) is 60.7 Å². The van der Waals surface area contributed by atoms with Crippen molar-refractivity contribution in [2.75, 3.05) is 13.7 Å². The van der Waals surface area contributed by atoms with Crippen molar-refractivity contribution in [3.05, 3.63) is 60.7 Å². The van der Waals surface area contributed by atoms with Gasteiger partial charge in [0, 0.05) is 6.61 Å². The van der Waals surface area contributed by atoms with E-state index in [1.54, 1.807) is 0 Å². The largest absolute Gasteiger partial charge is 0.468 e. The summed E-state index contributed by atoms with van der Waals surface area (Å²) >= 11 is 2.13. The van der Waals surface area contributed by atoms with Crippen LogP contribution >= 0.6 is 22.6 Å². The predicted octanol–water partition coefficient (Wildman–Crippen LogP) is 3.93. The first-order valence-corrected chi connectivity index (χ1v) is 11.9. The summed E-state index contributed by atoms with van der Waals surface area (Å²) in [5.41, 5.74) is 0. The van der Waals surface area contributed by atoms with E-state index in [9.17, 15) is 4.79 Å². The number of carbonyl (C=O) groups is 1. The molecule has 0 aliphatic rings. The molecule has 140 valence electrons. The molecule has 0 radical (unpaired) electrons. The molecule has 0 amide bonds. The molecule has 0 saturated carbocycles. The standard InChI is InChI=1S/C21H27IO3Si/c1-21(2,3)26(17-11-7-5-8-12-17,18-13-9-6-10-14-18)25-16-15-19(22)20(23)24-4/h5-14,19H,15-16H2,1-4H3. The highest BCUT2D eigenvalue weighted by Crippen LogP contribution is 2.36. The molecule has 0 heterocycles. The Balaban J connectivity index is 2.42. The number of rotatable bonds is 7. The van der Waals surface area contributed by atoms with Gasteiger partial charge in [-0.25, -0.2) is 0 Å². The van der Waals surface area contributed by atoms with Crippen molar-refractivity contribution in [2.24, 2.45) is 0 Å². The molecule has 0 saturated heterocycles. The number of esters is 1. The summed E-state index contributed by atoms with van der Waals surface area (Å²) in [4.78, 5) is 11.7. The Kier molecular flexibility index (Phi) is 7.43. The first kappa shape index (κ1) is 21.1. The van der Waals surface area contributed by atoms with Gasteiger partial charge in [-0.1, -0.05) is 104 Å². The predicted molar refractivity (Wildman–Crippen MR) is 118 cm³/mol. The van der Waals surface area contributed by atoms with Gasteiger partial charge >= 0.3 is 5.97 Å². The van der Waals surface area contributed by atoms with E-state index in [1.807, 2.05) is 12.1 Å². The first-order chi connectivity index (χ1) is 12.3. The number of methoxy groups -OCH3 is 1. The molecule has 0 aliphatic carbocycles. The summed E-state index contributed by atoms with van der Waals surface area (Å²) in [5.74, 6) is -0.198. The van der Waals surface area contributed by atoms with Crippen LogP contribution in [0.4, 0.5) is 0 Å². The van der Waals surface area contributed by atoms with E-state index in [-0.39, 0.29) is 14.9 Å². The van der Waals surface area contributed by atoms with Gasteiger partial charge in [0.05, 0.1) is 7.11 Å². The first-order valence-electron chi connectivity index (χ1n) is 8.80. The molecule has 0 aliphatic heterocycles. The zero-order chi connectivity index (χ0) is 19.2. The van der Waals surface area contributed by atoms with Crippen LogP contribution in [-0.2, 0) is 14.0 Å². The van der Waals surface area contributed by atoms with Gasteiger partial charge in [-0.2, -0.15) is 0 Å². The lowest BCUT2D eigenvalue weighted by Crippen LogP contribution is -2.66. The molecule has 0 N–H and O–H groups in total. The Morgan fingerprint density at radius 2 is 1.46 bits per heavy atom. The zero-order valence-corrected chi connectivity index (χ0v) is 19.0. The molecule has 0 fully saturated rings. The lowest BCUT2D eigenvalue weighted by atomic mass is 10.2. The topological polar surface area (TPSA) is 35.5 Å². The summed E-state index contributed by atoms with van der Waals surface area (Å²) in [7, 11) is -1.09. The number of ether oxygens (including phenoxy) is 1. The van der Waals surface area contributed by atoms with E-state index in [4.69, 9.17) is 9.16 Å². The summed E-state index contributed by atoms with van der Waals surface area (Å²) in [6.45, 7) is 7.28. The molecule has 0 spiro atoms. The molecule has 1 atom stereocenters. The van der Waals surface area contributed by atoms with E-state index < -0.39 is 8.32 Å². The van der Waals surface area contributed by atoms with E-state index in [2.05, 4.69) is 91.9 Å². The minimum atomic E-state index is -2.52. The fourth-order valence-electron chi connectivity index (χ4n) is 3.32. The van der Waals surface area contributed by atoms with E-state index in [0.29, 0.717) is 13.0 Å². The second-order valence-electron chi connectivity index (χ2n) is 7.29. The lowest BCUT2D eigenvalue weighted by molar-refractivity contribution is -0.139. The van der Waals surface area contributed by atoms with Crippen molar-refractivity contribution in [1.82, 2.24) is 0 Å². The summed E-state index contributed by atoms with van der Waals surface area (Å²) in [6.07, 6.45) is 0.637. The van der Waals surface area contributed by atoms with Gasteiger partial charge in [-0.05, 0) is 21.8 Å². The summed E-state index contributed by atoms with van der Waals surface area (Å²) < 4.78 is 11.4. The number of benzene rings is 2. The fraction of sp³-hybridized carbons (Fsp3) is 0.381. The third-order valence-electron chi connectivity index (χ3n) is 4.56. The maximum absolute atomic E-state index is 11.7. The van der Waals surface area contributed by atoms with Gasteiger partial charge in [0.2, 0.25) is 0 Å². The molecular formula is C21H27IO3Si. The number of alkyl halides is 1. The van der Waals surface area contributed by atoms with Crippen LogP contribution in [0.25, 0.3) is 0 Å². The molecular weight excluding hydrogens is 455 g/mol. The highest BCUT2D eigenvalue weighted by molar-refractivity contribution is 14.1. The summed E-state index contributed by atoms with van der Waals surface area (Å²) in [6, 6.07) is 21.1. The van der Waals surface area contributed by atoms with Crippen molar-refractivity contribution in [2.45, 2.75) is 36.2 Å². The van der Waals surface area contributed by atoms with Crippen molar-refractivity contribution >= 4 is 47.3 Å². The van der Waals surface area contributed by atoms with Crippen LogP contribution in [0.2, 0.25) is 5.04 Å². The average Bonchev–Trinajstić information content (AvgIpc) is 2.64. The van der Waals surface area contributed by atoms with E-state index in [0.717, 1.165) is 0 Å². The Bertz CT molecular complexity index is 659. The third kappa shape index (κ3) is 4.56. The second kappa shape index (κ2) is 9.15. The number of hydrogen-bond donors (Lipinski definition) is 0. The Morgan fingerprint density at radius 3 is 1.85 bits per heavy atom. The monoisotopic (exact) mass is 482 g/mol. The second-order valence-corrected chi connectivity index (χ2v) is 13.1. The number of hydrogen-bond acceptors (Lipinski definition) is 3. The van der Waals surface area contributed by atoms with Crippen molar-refractivity contribution in [1.29, 1.82) is 0 Å². The van der Waals surface area contributed by atoms with Crippen LogP contribution in [-0.4, -0.2) is 31.9 Å². The van der Waals surface area contributed by atoms with Crippen LogP contribution in [0.3, 0.4) is 0 Å². The normalized spacial score (nSPS) is 13.3. The van der Waals surface area contributed by atoms with E-state index in [1.165, 1.54) is 17.5 Å². The maximum atomic E-state index is 11.7. The SMILES string of the molecule is COC(=O)C(I)CCO[Si](c1ccccc1)(c1ccccc1)C(C)(C)C. The van der Waals surface area contributed by atoms with Crippen molar-refractivity contribution in [3.63, 3.8) is 0 Å². The Labute approximate surface area is 171 Å². The molecule has 3 nitrogen and oxygen atoms in total. The van der Waals surface area contributed by atoms with Gasteiger partial charge in [0.1, 0.15) is 3.92 Å². The molecule has 2 aromatic rings. The molecule has 1 unspecified atom stereocenters. The molecule has 2 rings (SSSR count). The fourth-order valence-corrected chi connectivity index (χ4v) is 8.41. The Morgan fingerprint density at radius 1 is 1.00 bits per heavy atom. The average molecular weight is 482 g/mol. The lowest BCUT2D eigenvalue weighted by Gasteiger charge is -2.43. The van der Waals surface area contributed by atoms with Crippen molar-refractivity contribution < 1.29 is 14.0 Å². The zero-order valence-electron chi connectivity index (χ0n) is 15.9. The van der Waals surface area contributed by atoms with Crippen LogP contribution < -0.4 is 10.4 Å². The van der Waals surface area contributed by atoms with Crippen LogP contribution in [0.5, 0.6) is 0 Å². The third-order valence-corrected chi connectivity index (χ3v) is 10.7. The Hall–Kier alpha value is -1.18. The molecule has 5 heteroatoms. The highest BCUT2D eigenvalue weighted by atomic mass is 127. The van der Waals surface area contributed by atoms with Gasteiger partial charge in [-0.3, -0.25) is 4.79 Å². The molecule has 0 aromatic heterocycles. The van der Waals surface area contributed by atoms with Gasteiger partial charge < -0.3 is 9.16 Å². The van der Waals surface area contributed by atoms with Gasteiger partial charge in [0.25, 0.3) is 8.32 Å². The van der Waals surface area contributed by atoms with Gasteiger partial charge in [0.15, 0.2) is 0 Å². The van der Waals surface area contributed by atoms with Crippen LogP contribution in [0.1, 0.15) is 27.2 Å². The minimum absolute atomic E-state index is 0.0538. The van der Waals surface area contributed by atoms with Crippen molar-refractivity contribution in [3.8, 4) is 0 Å². The number of halogens is 1. The molecule has 2 aromatic carbocycles. The maximum Gasteiger partial charge on any atom is 0.318 e. The van der Waals surface area contributed by atoms with Gasteiger partial charge in [-0.15, -0.1) is 0 Å². The minimum Gasteiger partial charge on any atom is -0.468 e.